The zero-order valence-electron chi connectivity index (χ0n) is 18.3. The number of amides is 2. The lowest BCUT2D eigenvalue weighted by molar-refractivity contribution is 0.0838. The number of β-amino-alcohol motifs (C(OH)–C–C–N with tert-alkyl or cyclic N) is 1. The first kappa shape index (κ1) is 21.8. The van der Waals surface area contributed by atoms with E-state index in [0.717, 1.165) is 19.5 Å². The molecule has 1 aromatic carbocycles. The summed E-state index contributed by atoms with van der Waals surface area (Å²) in [5.41, 5.74) is 3.90. The molecular weight excluding hydrogens is 436 g/mol. The summed E-state index contributed by atoms with van der Waals surface area (Å²) < 4.78 is 6.62. The molecule has 0 unspecified atom stereocenters. The molecule has 3 aromatic heterocycles. The monoisotopic (exact) mass is 460 g/mol. The number of hydrogen-bond donors (Lipinski definition) is 3. The van der Waals surface area contributed by atoms with Gasteiger partial charge in [0.1, 0.15) is 17.6 Å². The largest absolute Gasteiger partial charge is 0.441 e. The Morgan fingerprint density at radius 3 is 2.79 bits per heavy atom. The van der Waals surface area contributed by atoms with Gasteiger partial charge in [-0.3, -0.25) is 14.5 Å². The minimum Gasteiger partial charge on any atom is -0.441 e. The summed E-state index contributed by atoms with van der Waals surface area (Å²) in [6.45, 7) is 2.28. The van der Waals surface area contributed by atoms with Gasteiger partial charge in [-0.1, -0.05) is 24.3 Å². The fourth-order valence-corrected chi connectivity index (χ4v) is 4.07. The first-order valence-electron chi connectivity index (χ1n) is 11.0. The summed E-state index contributed by atoms with van der Waals surface area (Å²) in [5, 5.41) is 15.9. The lowest BCUT2D eigenvalue weighted by atomic mass is 10.00. The summed E-state index contributed by atoms with van der Waals surface area (Å²) >= 11 is 0. The van der Waals surface area contributed by atoms with Gasteiger partial charge in [0, 0.05) is 38.6 Å². The number of carbonyl (C=O) groups excluding carboxylic acids is 2. The number of rotatable bonds is 7. The van der Waals surface area contributed by atoms with Crippen molar-refractivity contribution in [2.24, 2.45) is 0 Å². The molecule has 1 aliphatic rings. The number of pyridine rings is 1. The number of nitrogens with zero attached hydrogens (tertiary/aromatic N) is 4. The molecule has 0 saturated carbocycles. The number of nitrogens with one attached hydrogen (secondary N) is 2. The highest BCUT2D eigenvalue weighted by Gasteiger charge is 2.19. The lowest BCUT2D eigenvalue weighted by Crippen LogP contribution is -2.42. The van der Waals surface area contributed by atoms with Crippen molar-refractivity contribution in [3.8, 4) is 0 Å². The van der Waals surface area contributed by atoms with E-state index in [1.165, 1.54) is 23.6 Å². The van der Waals surface area contributed by atoms with Crippen molar-refractivity contribution >= 4 is 23.1 Å². The molecule has 1 atom stereocenters. The second kappa shape index (κ2) is 9.46. The molecule has 174 valence electrons. The van der Waals surface area contributed by atoms with Crippen molar-refractivity contribution in [1.29, 1.82) is 0 Å². The summed E-state index contributed by atoms with van der Waals surface area (Å²) in [7, 11) is 0. The number of benzene rings is 1. The van der Waals surface area contributed by atoms with Gasteiger partial charge >= 0.3 is 5.91 Å². The van der Waals surface area contributed by atoms with E-state index in [2.05, 4.69) is 37.6 Å². The van der Waals surface area contributed by atoms with Gasteiger partial charge in [0.2, 0.25) is 0 Å². The van der Waals surface area contributed by atoms with Crippen molar-refractivity contribution in [2.75, 3.05) is 25.0 Å². The van der Waals surface area contributed by atoms with Gasteiger partial charge in [0.05, 0.1) is 18.0 Å². The van der Waals surface area contributed by atoms with E-state index >= 15 is 0 Å². The van der Waals surface area contributed by atoms with Crippen LogP contribution in [0.25, 0.3) is 5.65 Å². The topological polar surface area (TPSA) is 125 Å². The third kappa shape index (κ3) is 4.82. The highest BCUT2D eigenvalue weighted by atomic mass is 16.3. The molecule has 10 heteroatoms. The number of aromatic nitrogens is 3. The Morgan fingerprint density at radius 2 is 1.97 bits per heavy atom. The van der Waals surface area contributed by atoms with Gasteiger partial charge in [-0.15, -0.1) is 0 Å². The van der Waals surface area contributed by atoms with E-state index in [1.54, 1.807) is 28.9 Å². The van der Waals surface area contributed by atoms with Crippen molar-refractivity contribution in [2.45, 2.75) is 19.1 Å². The maximum Gasteiger partial charge on any atom is 0.311 e. The van der Waals surface area contributed by atoms with Crippen LogP contribution in [0.1, 0.15) is 32.3 Å². The molecule has 0 aliphatic carbocycles. The van der Waals surface area contributed by atoms with Crippen LogP contribution >= 0.6 is 0 Å². The van der Waals surface area contributed by atoms with E-state index < -0.39 is 12.0 Å². The highest BCUT2D eigenvalue weighted by Crippen LogP contribution is 2.18. The van der Waals surface area contributed by atoms with E-state index in [1.807, 2.05) is 12.1 Å². The Bertz CT molecular complexity index is 1320. The molecule has 0 bridgehead atoms. The molecule has 0 fully saturated rings. The standard InChI is InChI=1S/C24H24N6O4/c31-19(14-29-9-7-16-3-1-2-4-17(16)12-29)11-26-22(32)20-15-30-13-18(5-6-21(30)28-20)27-23(33)24-25-8-10-34-24/h1-6,8,10,13,15,19,31H,7,9,11-12,14H2,(H,26,32)(H,27,33)/t19-/m0/s1. The lowest BCUT2D eigenvalue weighted by Gasteiger charge is -2.30. The molecule has 10 nitrogen and oxygen atoms in total. The van der Waals surface area contributed by atoms with Crippen LogP contribution in [-0.4, -0.2) is 61.9 Å². The van der Waals surface area contributed by atoms with Crippen molar-refractivity contribution in [1.82, 2.24) is 24.6 Å². The minimum atomic E-state index is -0.691. The quantitative estimate of drug-likeness (QED) is 0.384. The number of imidazole rings is 1. The second-order valence-electron chi connectivity index (χ2n) is 8.22. The van der Waals surface area contributed by atoms with Gasteiger partial charge in [-0.25, -0.2) is 9.97 Å². The van der Waals surface area contributed by atoms with E-state index in [0.29, 0.717) is 17.9 Å². The summed E-state index contributed by atoms with van der Waals surface area (Å²) in [5.74, 6) is -0.899. The van der Waals surface area contributed by atoms with Gasteiger partial charge < -0.3 is 24.6 Å². The molecule has 3 N–H and O–H groups in total. The maximum absolute atomic E-state index is 12.6. The van der Waals surface area contributed by atoms with Gasteiger partial charge in [0.25, 0.3) is 11.8 Å². The number of aliphatic hydroxyl groups excluding tert-OH is 1. The van der Waals surface area contributed by atoms with E-state index in [9.17, 15) is 14.7 Å². The Kier molecular flexibility index (Phi) is 6.07. The zero-order valence-corrected chi connectivity index (χ0v) is 18.3. The maximum atomic E-state index is 12.6. The first-order chi connectivity index (χ1) is 16.5. The number of anilines is 1. The predicted octanol–water partition coefficient (Wildman–Crippen LogP) is 1.72. The average molecular weight is 460 g/mol. The molecule has 34 heavy (non-hydrogen) atoms. The second-order valence-corrected chi connectivity index (χ2v) is 8.22. The van der Waals surface area contributed by atoms with Gasteiger partial charge in [0.15, 0.2) is 0 Å². The number of fused-ring (bicyclic) bond motifs is 2. The molecule has 0 radical (unpaired) electrons. The predicted molar refractivity (Wildman–Crippen MR) is 123 cm³/mol. The third-order valence-corrected chi connectivity index (χ3v) is 5.75. The number of hydrogen-bond acceptors (Lipinski definition) is 7. The summed E-state index contributed by atoms with van der Waals surface area (Å²) in [6.07, 6.45) is 6.19. The highest BCUT2D eigenvalue weighted by molar-refractivity contribution is 6.00. The van der Waals surface area contributed by atoms with Gasteiger partial charge in [-0.2, -0.15) is 0 Å². The number of oxazole rings is 1. The van der Waals surface area contributed by atoms with Gasteiger partial charge in [-0.05, 0) is 29.7 Å². The molecule has 1 aliphatic heterocycles. The summed E-state index contributed by atoms with van der Waals surface area (Å²) in [4.78, 5) is 35.0. The molecule has 0 spiro atoms. The fourth-order valence-electron chi connectivity index (χ4n) is 4.07. The summed E-state index contributed by atoms with van der Waals surface area (Å²) in [6, 6.07) is 11.7. The van der Waals surface area contributed by atoms with Crippen LogP contribution in [0.2, 0.25) is 0 Å². The van der Waals surface area contributed by atoms with E-state index in [-0.39, 0.29) is 24.0 Å². The SMILES string of the molecule is O=C(NC[C@H](O)CN1CCc2ccccc2C1)c1cn2cc(NC(=O)c3ncco3)ccc2n1. The molecule has 4 aromatic rings. The third-order valence-electron chi connectivity index (χ3n) is 5.75. The number of aliphatic hydroxyl groups is 1. The van der Waals surface area contributed by atoms with Crippen molar-refractivity contribution < 1.29 is 19.1 Å². The number of carbonyl (C=O) groups is 2. The molecule has 5 rings (SSSR count). The first-order valence-corrected chi connectivity index (χ1v) is 11.0. The van der Waals surface area contributed by atoms with Crippen LogP contribution in [0.4, 0.5) is 5.69 Å². The van der Waals surface area contributed by atoms with Crippen LogP contribution in [0.5, 0.6) is 0 Å². The Balaban J connectivity index is 1.15. The molecule has 0 saturated heterocycles. The average Bonchev–Trinajstić information content (AvgIpc) is 3.52. The van der Waals surface area contributed by atoms with Crippen LogP contribution in [-0.2, 0) is 13.0 Å². The van der Waals surface area contributed by atoms with Crippen molar-refractivity contribution in [3.05, 3.63) is 84.0 Å². The molecule has 4 heterocycles. The normalized spacial score (nSPS) is 14.5. The Morgan fingerprint density at radius 1 is 1.12 bits per heavy atom. The van der Waals surface area contributed by atoms with E-state index in [4.69, 9.17) is 4.42 Å². The van der Waals surface area contributed by atoms with Crippen molar-refractivity contribution in [3.63, 3.8) is 0 Å². The van der Waals surface area contributed by atoms with Crippen LogP contribution in [0.15, 0.2) is 65.7 Å². The van der Waals surface area contributed by atoms with Crippen LogP contribution in [0.3, 0.4) is 0 Å². The van der Waals surface area contributed by atoms with Crippen LogP contribution < -0.4 is 10.6 Å². The Hall–Kier alpha value is -4.02. The fraction of sp³-hybridized carbons (Fsp3) is 0.250. The molecular formula is C24H24N6O4. The Labute approximate surface area is 195 Å². The smallest absolute Gasteiger partial charge is 0.311 e. The molecule has 2 amide bonds. The van der Waals surface area contributed by atoms with Crippen LogP contribution in [0, 0.1) is 0 Å². The minimum absolute atomic E-state index is 0.0434. The zero-order chi connectivity index (χ0) is 23.5.